The van der Waals surface area contributed by atoms with Crippen molar-refractivity contribution in [1.29, 1.82) is 0 Å². The lowest BCUT2D eigenvalue weighted by Gasteiger charge is -2.22. The van der Waals surface area contributed by atoms with Gasteiger partial charge in [0.2, 0.25) is 5.91 Å². The van der Waals surface area contributed by atoms with Gasteiger partial charge in [0, 0.05) is 42.5 Å². The molecule has 1 atom stereocenters. The molecule has 156 valence electrons. The Bertz CT molecular complexity index is 1010. The number of hydrogen-bond acceptors (Lipinski definition) is 2. The normalized spacial score (nSPS) is 19.4. The average Bonchev–Trinajstić information content (AvgIpc) is 3.21. The summed E-state index contributed by atoms with van der Waals surface area (Å²) in [6.45, 7) is 0.375. The molecule has 1 aliphatic heterocycles. The predicted molar refractivity (Wildman–Crippen MR) is 111 cm³/mol. The van der Waals surface area contributed by atoms with Crippen molar-refractivity contribution >= 4 is 29.7 Å². The molecule has 2 heterocycles. The highest BCUT2D eigenvalue weighted by Crippen LogP contribution is 2.37. The lowest BCUT2D eigenvalue weighted by atomic mass is 9.94. The Kier molecular flexibility index (Phi) is 5.80. The molecule has 1 aromatic heterocycles. The lowest BCUT2D eigenvalue weighted by molar-refractivity contribution is -0.121. The maximum absolute atomic E-state index is 14.5. The molecule has 1 saturated carbocycles. The number of nitrogens with zero attached hydrogens (tertiary/aromatic N) is 2. The minimum atomic E-state index is -0.714. The molecule has 8 heteroatoms. The predicted octanol–water partition coefficient (Wildman–Crippen LogP) is 4.82. The highest BCUT2D eigenvalue weighted by molar-refractivity contribution is 7.71. The van der Waals surface area contributed by atoms with Crippen molar-refractivity contribution in [2.45, 2.75) is 63.5 Å². The van der Waals surface area contributed by atoms with Crippen LogP contribution in [0.15, 0.2) is 12.1 Å². The zero-order valence-electron chi connectivity index (χ0n) is 16.3. The summed E-state index contributed by atoms with van der Waals surface area (Å²) in [4.78, 5) is 12.6. The number of benzene rings is 1. The van der Waals surface area contributed by atoms with Crippen LogP contribution in [0.25, 0.3) is 0 Å². The third kappa shape index (κ3) is 3.87. The number of nitrogens with one attached hydrogen (secondary N) is 1. The molecule has 2 aliphatic rings. The molecule has 29 heavy (non-hydrogen) atoms. The Labute approximate surface area is 178 Å². The van der Waals surface area contributed by atoms with Gasteiger partial charge in [-0.25, -0.2) is 8.78 Å². The summed E-state index contributed by atoms with van der Waals surface area (Å²) in [6.07, 6.45) is 6.20. The van der Waals surface area contributed by atoms with Crippen LogP contribution in [0.2, 0.25) is 5.02 Å². The maximum Gasteiger partial charge on any atom is 0.226 e. The molecule has 4 nitrogen and oxygen atoms in total. The largest absolute Gasteiger partial charge is 0.353 e. The number of hydrogen-bond donors (Lipinski definition) is 1. The molecule has 0 bridgehead atoms. The van der Waals surface area contributed by atoms with E-state index in [1.807, 2.05) is 16.2 Å². The molecule has 1 unspecified atom stereocenters. The van der Waals surface area contributed by atoms with E-state index in [4.69, 9.17) is 23.8 Å². The van der Waals surface area contributed by atoms with Gasteiger partial charge < -0.3 is 14.5 Å². The van der Waals surface area contributed by atoms with E-state index in [9.17, 15) is 13.6 Å². The first-order chi connectivity index (χ1) is 13.9. The maximum atomic E-state index is 14.5. The molecule has 1 aliphatic carbocycles. The Morgan fingerprint density at radius 1 is 1.28 bits per heavy atom. The molecule has 0 saturated heterocycles. The fourth-order valence-corrected chi connectivity index (χ4v) is 5.16. The fraction of sp³-hybridized carbons (Fsp3) is 0.524. The molecule has 4 rings (SSSR count). The van der Waals surface area contributed by atoms with Crippen LogP contribution in [0, 0.1) is 16.4 Å². The SMILES string of the molecule is Cn1c(CC(=O)NC2CCCCC2)c2n(c1=S)CC(c1c(F)ccc(Cl)c1F)C2. The van der Waals surface area contributed by atoms with Crippen LogP contribution in [-0.4, -0.2) is 21.1 Å². The van der Waals surface area contributed by atoms with Gasteiger partial charge in [-0.3, -0.25) is 4.79 Å². The molecular formula is C21H24ClF2N3OS. The molecule has 0 spiro atoms. The molecule has 1 aromatic carbocycles. The number of carbonyl (C=O) groups excluding carboxylic acids is 1. The summed E-state index contributed by atoms with van der Waals surface area (Å²) in [7, 11) is 1.84. The van der Waals surface area contributed by atoms with Gasteiger partial charge in [0.15, 0.2) is 4.77 Å². The summed E-state index contributed by atoms with van der Waals surface area (Å²) < 4.78 is 33.2. The van der Waals surface area contributed by atoms with Crippen LogP contribution in [0.5, 0.6) is 0 Å². The Morgan fingerprint density at radius 2 is 2.00 bits per heavy atom. The van der Waals surface area contributed by atoms with Crippen molar-refractivity contribution in [2.75, 3.05) is 0 Å². The quantitative estimate of drug-likeness (QED) is 0.548. The highest BCUT2D eigenvalue weighted by atomic mass is 35.5. The third-order valence-electron chi connectivity index (χ3n) is 6.21. The van der Waals surface area contributed by atoms with Crippen LogP contribution in [-0.2, 0) is 31.2 Å². The van der Waals surface area contributed by atoms with Gasteiger partial charge in [-0.1, -0.05) is 30.9 Å². The van der Waals surface area contributed by atoms with Crippen molar-refractivity contribution in [3.05, 3.63) is 50.5 Å². The van der Waals surface area contributed by atoms with Crippen molar-refractivity contribution in [3.8, 4) is 0 Å². The zero-order chi connectivity index (χ0) is 20.7. The van der Waals surface area contributed by atoms with Crippen molar-refractivity contribution in [3.63, 3.8) is 0 Å². The number of carbonyl (C=O) groups is 1. The smallest absolute Gasteiger partial charge is 0.226 e. The Morgan fingerprint density at radius 3 is 2.72 bits per heavy atom. The molecule has 1 amide bonds. The fourth-order valence-electron chi connectivity index (χ4n) is 4.70. The van der Waals surface area contributed by atoms with E-state index in [0.29, 0.717) is 17.7 Å². The standard InChI is InChI=1S/C21H24ClF2N3OS/c1-26-16(10-18(28)25-13-5-3-2-4-6-13)17-9-12(11-27(17)21(26)29)19-15(23)8-7-14(22)20(19)24/h7-8,12-13H,2-6,9-11H2,1H3,(H,25,28). The minimum Gasteiger partial charge on any atom is -0.353 e. The van der Waals surface area contributed by atoms with Crippen LogP contribution in [0.4, 0.5) is 8.78 Å². The lowest BCUT2D eigenvalue weighted by Crippen LogP contribution is -2.37. The summed E-state index contributed by atoms with van der Waals surface area (Å²) in [5.74, 6) is -1.74. The van der Waals surface area contributed by atoms with Gasteiger partial charge in [-0.2, -0.15) is 0 Å². The van der Waals surface area contributed by atoms with E-state index in [-0.39, 0.29) is 29.0 Å². The third-order valence-corrected chi connectivity index (χ3v) is 7.00. The summed E-state index contributed by atoms with van der Waals surface area (Å²) in [5.41, 5.74) is 1.68. The summed E-state index contributed by atoms with van der Waals surface area (Å²) in [6, 6.07) is 2.66. The topological polar surface area (TPSA) is 39.0 Å². The van der Waals surface area contributed by atoms with Gasteiger partial charge in [0.1, 0.15) is 11.6 Å². The second-order valence-electron chi connectivity index (χ2n) is 8.08. The van der Waals surface area contributed by atoms with Gasteiger partial charge in [-0.05, 0) is 43.6 Å². The van der Waals surface area contributed by atoms with E-state index in [0.717, 1.165) is 37.1 Å². The van der Waals surface area contributed by atoms with E-state index >= 15 is 0 Å². The van der Waals surface area contributed by atoms with Crippen LogP contribution in [0.1, 0.15) is 55.0 Å². The summed E-state index contributed by atoms with van der Waals surface area (Å²) >= 11 is 11.4. The number of fused-ring (bicyclic) bond motifs is 1. The molecule has 2 aromatic rings. The molecular weight excluding hydrogens is 416 g/mol. The number of rotatable bonds is 4. The Balaban J connectivity index is 1.57. The first-order valence-electron chi connectivity index (χ1n) is 10.1. The zero-order valence-corrected chi connectivity index (χ0v) is 17.9. The van der Waals surface area contributed by atoms with Gasteiger partial charge in [0.05, 0.1) is 11.4 Å². The highest BCUT2D eigenvalue weighted by Gasteiger charge is 2.33. The van der Waals surface area contributed by atoms with E-state index in [2.05, 4.69) is 5.32 Å². The first-order valence-corrected chi connectivity index (χ1v) is 10.9. The van der Waals surface area contributed by atoms with E-state index in [1.54, 1.807) is 0 Å². The average molecular weight is 440 g/mol. The molecule has 1 N–H and O–H groups in total. The summed E-state index contributed by atoms with van der Waals surface area (Å²) in [5, 5.41) is 3.04. The van der Waals surface area contributed by atoms with Crippen molar-refractivity contribution < 1.29 is 13.6 Å². The second kappa shape index (κ2) is 8.19. The van der Waals surface area contributed by atoms with E-state index in [1.165, 1.54) is 18.6 Å². The van der Waals surface area contributed by atoms with Crippen LogP contribution >= 0.6 is 23.8 Å². The van der Waals surface area contributed by atoms with Crippen LogP contribution < -0.4 is 5.32 Å². The van der Waals surface area contributed by atoms with Crippen molar-refractivity contribution in [2.24, 2.45) is 7.05 Å². The van der Waals surface area contributed by atoms with Crippen molar-refractivity contribution in [1.82, 2.24) is 14.5 Å². The molecule has 0 radical (unpaired) electrons. The number of amides is 1. The minimum absolute atomic E-state index is 0.00383. The number of halogens is 3. The first kappa shape index (κ1) is 20.5. The number of aromatic nitrogens is 2. The molecule has 1 fully saturated rings. The Hall–Kier alpha value is -1.73. The van der Waals surface area contributed by atoms with Crippen LogP contribution in [0.3, 0.4) is 0 Å². The van der Waals surface area contributed by atoms with E-state index < -0.39 is 17.6 Å². The van der Waals surface area contributed by atoms with Gasteiger partial charge >= 0.3 is 0 Å². The second-order valence-corrected chi connectivity index (χ2v) is 8.86. The number of imidazole rings is 1. The monoisotopic (exact) mass is 439 g/mol. The van der Waals surface area contributed by atoms with Gasteiger partial charge in [-0.15, -0.1) is 0 Å². The van der Waals surface area contributed by atoms with Gasteiger partial charge in [0.25, 0.3) is 0 Å².